The Labute approximate surface area is 105 Å². The summed E-state index contributed by atoms with van der Waals surface area (Å²) in [5.74, 6) is -0.806. The summed E-state index contributed by atoms with van der Waals surface area (Å²) in [6, 6.07) is 0. The number of carbonyl (C=O) groups is 1. The first-order valence-corrected chi connectivity index (χ1v) is 6.59. The first-order chi connectivity index (χ1) is 7.67. The summed E-state index contributed by atoms with van der Waals surface area (Å²) < 4.78 is 0. The average Bonchev–Trinajstić information content (AvgIpc) is 2.16. The minimum Gasteiger partial charge on any atom is -0.481 e. The zero-order valence-corrected chi connectivity index (χ0v) is 11.9. The quantitative estimate of drug-likeness (QED) is 0.643. The largest absolute Gasteiger partial charge is 0.481 e. The molecule has 0 saturated carbocycles. The van der Waals surface area contributed by atoms with E-state index in [1.807, 2.05) is 13.8 Å². The molecule has 0 aliphatic carbocycles. The third-order valence-corrected chi connectivity index (χ3v) is 4.07. The van der Waals surface area contributed by atoms with Crippen LogP contribution in [-0.2, 0) is 4.79 Å². The van der Waals surface area contributed by atoms with E-state index in [1.54, 1.807) is 13.8 Å². The Morgan fingerprint density at radius 3 is 2.12 bits per heavy atom. The van der Waals surface area contributed by atoms with Gasteiger partial charge in [0.25, 0.3) is 0 Å². The van der Waals surface area contributed by atoms with Gasteiger partial charge < -0.3 is 10.2 Å². The lowest BCUT2D eigenvalue weighted by atomic mass is 9.62. The first kappa shape index (κ1) is 16.4. The van der Waals surface area contributed by atoms with Gasteiger partial charge in [0.05, 0.1) is 11.5 Å². The predicted molar refractivity (Wildman–Crippen MR) is 70.0 cm³/mol. The van der Waals surface area contributed by atoms with Gasteiger partial charge in [-0.2, -0.15) is 0 Å². The molecule has 17 heavy (non-hydrogen) atoms. The van der Waals surface area contributed by atoms with Gasteiger partial charge in [0.15, 0.2) is 0 Å². The van der Waals surface area contributed by atoms with Crippen LogP contribution in [0, 0.1) is 10.8 Å². The second-order valence-corrected chi connectivity index (χ2v) is 6.03. The molecule has 0 spiro atoms. The fourth-order valence-corrected chi connectivity index (χ4v) is 2.34. The average molecular weight is 244 g/mol. The first-order valence-electron chi connectivity index (χ1n) is 6.59. The maximum absolute atomic E-state index is 11.5. The van der Waals surface area contributed by atoms with Crippen LogP contribution in [0.25, 0.3) is 0 Å². The van der Waals surface area contributed by atoms with Crippen LogP contribution in [0.4, 0.5) is 0 Å². The smallest absolute Gasteiger partial charge is 0.309 e. The standard InChI is InChI=1S/C14H28O3/c1-6-7-8-9-13(3,4)14(5,12(16)17)10-11(2)15/h11,15H,6-10H2,1-5H3,(H,16,17). The minimum atomic E-state index is -0.866. The Balaban J connectivity index is 4.83. The van der Waals surface area contributed by atoms with Crippen LogP contribution >= 0.6 is 0 Å². The van der Waals surface area contributed by atoms with Gasteiger partial charge in [-0.25, -0.2) is 0 Å². The summed E-state index contributed by atoms with van der Waals surface area (Å²) in [4.78, 5) is 11.5. The molecule has 0 bridgehead atoms. The van der Waals surface area contributed by atoms with Crippen LogP contribution < -0.4 is 0 Å². The Morgan fingerprint density at radius 2 is 1.76 bits per heavy atom. The fraction of sp³-hybridized carbons (Fsp3) is 0.929. The van der Waals surface area contributed by atoms with Gasteiger partial charge in [0, 0.05) is 0 Å². The number of aliphatic hydroxyl groups excluding tert-OH is 1. The number of rotatable bonds is 8. The van der Waals surface area contributed by atoms with Gasteiger partial charge in [0.2, 0.25) is 0 Å². The molecule has 102 valence electrons. The second kappa shape index (κ2) is 6.39. The Kier molecular flexibility index (Phi) is 6.17. The van der Waals surface area contributed by atoms with Gasteiger partial charge >= 0.3 is 5.97 Å². The molecule has 0 aromatic carbocycles. The molecule has 0 amide bonds. The third-order valence-electron chi connectivity index (χ3n) is 4.07. The number of aliphatic carboxylic acids is 1. The lowest BCUT2D eigenvalue weighted by molar-refractivity contribution is -0.158. The number of carboxylic acids is 1. The van der Waals surface area contributed by atoms with E-state index >= 15 is 0 Å². The van der Waals surface area contributed by atoms with E-state index < -0.39 is 17.5 Å². The van der Waals surface area contributed by atoms with Crippen LogP contribution in [0.3, 0.4) is 0 Å². The highest BCUT2D eigenvalue weighted by Gasteiger charge is 2.47. The van der Waals surface area contributed by atoms with Crippen molar-refractivity contribution < 1.29 is 15.0 Å². The highest BCUT2D eigenvalue weighted by molar-refractivity contribution is 5.75. The van der Waals surface area contributed by atoms with Crippen LogP contribution in [0.15, 0.2) is 0 Å². The van der Waals surface area contributed by atoms with Crippen molar-refractivity contribution in [2.45, 2.75) is 72.8 Å². The molecule has 0 rings (SSSR count). The molecule has 0 aromatic rings. The monoisotopic (exact) mass is 244 g/mol. The molecule has 0 fully saturated rings. The van der Waals surface area contributed by atoms with E-state index in [4.69, 9.17) is 0 Å². The zero-order chi connectivity index (χ0) is 13.7. The molecule has 2 atom stereocenters. The van der Waals surface area contributed by atoms with Crippen LogP contribution in [0.2, 0.25) is 0 Å². The van der Waals surface area contributed by atoms with Crippen molar-refractivity contribution in [2.75, 3.05) is 0 Å². The molecular formula is C14H28O3. The Hall–Kier alpha value is -0.570. The Bertz CT molecular complexity index is 246. The molecule has 3 heteroatoms. The predicted octanol–water partition coefficient (Wildman–Crippen LogP) is 3.45. The highest BCUT2D eigenvalue weighted by atomic mass is 16.4. The van der Waals surface area contributed by atoms with Gasteiger partial charge in [-0.15, -0.1) is 0 Å². The van der Waals surface area contributed by atoms with E-state index in [0.717, 1.165) is 25.7 Å². The summed E-state index contributed by atoms with van der Waals surface area (Å²) in [6.07, 6.45) is 3.93. The molecule has 2 N–H and O–H groups in total. The molecule has 3 nitrogen and oxygen atoms in total. The summed E-state index contributed by atoms with van der Waals surface area (Å²) in [7, 11) is 0. The van der Waals surface area contributed by atoms with Gasteiger partial charge in [-0.05, 0) is 32.1 Å². The number of hydrogen-bond donors (Lipinski definition) is 2. The normalized spacial score (nSPS) is 17.5. The SMILES string of the molecule is CCCCCC(C)(C)C(C)(CC(C)O)C(=O)O. The van der Waals surface area contributed by atoms with E-state index in [9.17, 15) is 15.0 Å². The lowest BCUT2D eigenvalue weighted by Crippen LogP contribution is -2.44. The van der Waals surface area contributed by atoms with Crippen molar-refractivity contribution in [3.8, 4) is 0 Å². The topological polar surface area (TPSA) is 57.5 Å². The molecular weight excluding hydrogens is 216 g/mol. The van der Waals surface area contributed by atoms with Crippen molar-refractivity contribution >= 4 is 5.97 Å². The minimum absolute atomic E-state index is 0.301. The summed E-state index contributed by atoms with van der Waals surface area (Å²) in [5, 5.41) is 19.0. The number of unbranched alkanes of at least 4 members (excludes halogenated alkanes) is 2. The summed E-state index contributed by atoms with van der Waals surface area (Å²) >= 11 is 0. The van der Waals surface area contributed by atoms with Crippen molar-refractivity contribution in [2.24, 2.45) is 10.8 Å². The van der Waals surface area contributed by atoms with Gasteiger partial charge in [-0.3, -0.25) is 4.79 Å². The van der Waals surface area contributed by atoms with E-state index in [2.05, 4.69) is 6.92 Å². The maximum atomic E-state index is 11.5. The van der Waals surface area contributed by atoms with E-state index in [1.165, 1.54) is 0 Å². The Morgan fingerprint density at radius 1 is 1.24 bits per heavy atom. The molecule has 0 aliphatic heterocycles. The number of hydrogen-bond acceptors (Lipinski definition) is 2. The van der Waals surface area contributed by atoms with Crippen molar-refractivity contribution in [3.63, 3.8) is 0 Å². The fourth-order valence-electron chi connectivity index (χ4n) is 2.34. The molecule has 0 radical (unpaired) electrons. The molecule has 0 heterocycles. The van der Waals surface area contributed by atoms with Crippen LogP contribution in [0.1, 0.15) is 66.7 Å². The van der Waals surface area contributed by atoms with Crippen LogP contribution in [0.5, 0.6) is 0 Å². The molecule has 2 unspecified atom stereocenters. The van der Waals surface area contributed by atoms with E-state index in [-0.39, 0.29) is 5.41 Å². The maximum Gasteiger partial charge on any atom is 0.309 e. The molecule has 0 aromatic heterocycles. The second-order valence-electron chi connectivity index (χ2n) is 6.03. The molecule has 0 saturated heterocycles. The molecule has 0 aliphatic rings. The number of aliphatic hydroxyl groups is 1. The summed E-state index contributed by atoms with van der Waals surface area (Å²) in [6.45, 7) is 9.55. The highest BCUT2D eigenvalue weighted by Crippen LogP contribution is 2.46. The van der Waals surface area contributed by atoms with Crippen molar-refractivity contribution in [1.29, 1.82) is 0 Å². The lowest BCUT2D eigenvalue weighted by Gasteiger charge is -2.42. The van der Waals surface area contributed by atoms with E-state index in [0.29, 0.717) is 6.42 Å². The van der Waals surface area contributed by atoms with Crippen LogP contribution in [-0.4, -0.2) is 22.3 Å². The van der Waals surface area contributed by atoms with Crippen molar-refractivity contribution in [3.05, 3.63) is 0 Å². The summed E-state index contributed by atoms with van der Waals surface area (Å²) in [5.41, 5.74) is -1.17. The number of carboxylic acid groups (broad SMARTS) is 1. The van der Waals surface area contributed by atoms with Gasteiger partial charge in [0.1, 0.15) is 0 Å². The van der Waals surface area contributed by atoms with Gasteiger partial charge in [-0.1, -0.05) is 40.0 Å². The zero-order valence-electron chi connectivity index (χ0n) is 11.9. The third kappa shape index (κ3) is 4.30. The van der Waals surface area contributed by atoms with Crippen molar-refractivity contribution in [1.82, 2.24) is 0 Å².